The summed E-state index contributed by atoms with van der Waals surface area (Å²) in [5.41, 5.74) is 0. The van der Waals surface area contributed by atoms with E-state index in [1.54, 1.807) is 0 Å². The average molecular weight is 355 g/mol. The van der Waals surface area contributed by atoms with Gasteiger partial charge >= 0.3 is 0 Å². The number of rotatable bonds is 19. The molecule has 0 aliphatic carbocycles. The largest absolute Gasteiger partial charge is 0.324 e. The maximum atomic E-state index is 2.36. The molecule has 0 saturated carbocycles. The van der Waals surface area contributed by atoms with Crippen molar-refractivity contribution >= 4 is 0 Å². The number of unbranched alkanes of at least 4 members (excludes halogenated alkanes) is 12. The highest BCUT2D eigenvalue weighted by molar-refractivity contribution is 4.51. The number of nitrogens with zero attached hydrogens (tertiary/aromatic N) is 1. The maximum Gasteiger partial charge on any atom is 0.0786 e. The molecule has 0 aromatic heterocycles. The van der Waals surface area contributed by atoms with Crippen LogP contribution < -0.4 is 0 Å². The van der Waals surface area contributed by atoms with Gasteiger partial charge in [-0.05, 0) is 39.5 Å². The van der Waals surface area contributed by atoms with E-state index in [0.717, 1.165) is 5.92 Å². The summed E-state index contributed by atoms with van der Waals surface area (Å²) in [7, 11) is 0. The Kier molecular flexibility index (Phi) is 17.3. The van der Waals surface area contributed by atoms with Crippen molar-refractivity contribution in [1.29, 1.82) is 0 Å². The Morgan fingerprint density at radius 1 is 0.480 bits per heavy atom. The molecule has 0 N–H and O–H groups in total. The molecular formula is C24H52N+. The lowest BCUT2D eigenvalue weighted by atomic mass is 10.0. The van der Waals surface area contributed by atoms with Crippen LogP contribution in [0.4, 0.5) is 0 Å². The van der Waals surface area contributed by atoms with E-state index in [9.17, 15) is 0 Å². The molecule has 0 bridgehead atoms. The van der Waals surface area contributed by atoms with Crippen molar-refractivity contribution in [3.8, 4) is 0 Å². The minimum atomic E-state index is 0.895. The van der Waals surface area contributed by atoms with Crippen LogP contribution in [0.3, 0.4) is 0 Å². The standard InChI is InChI=1S/C24H52N/c1-6-25(7-2,8-3)23-21-19-17-15-13-11-9-10-12-14-16-18-20-22-24(4)5/h24H,6-23H2,1-5H3/q+1. The second-order valence-corrected chi connectivity index (χ2v) is 8.79. The third-order valence-corrected chi connectivity index (χ3v) is 6.43. The van der Waals surface area contributed by atoms with Gasteiger partial charge in [0, 0.05) is 0 Å². The lowest BCUT2D eigenvalue weighted by Gasteiger charge is -2.35. The van der Waals surface area contributed by atoms with Gasteiger partial charge in [0.25, 0.3) is 0 Å². The summed E-state index contributed by atoms with van der Waals surface area (Å²) in [5, 5.41) is 0. The van der Waals surface area contributed by atoms with Crippen LogP contribution in [0.1, 0.15) is 125 Å². The molecule has 0 heterocycles. The summed E-state index contributed by atoms with van der Waals surface area (Å²) in [6, 6.07) is 0. The van der Waals surface area contributed by atoms with Crippen molar-refractivity contribution < 1.29 is 4.48 Å². The molecule has 152 valence electrons. The molecule has 25 heavy (non-hydrogen) atoms. The average Bonchev–Trinajstić information content (AvgIpc) is 2.62. The van der Waals surface area contributed by atoms with Crippen LogP contribution in [0.25, 0.3) is 0 Å². The molecular weight excluding hydrogens is 302 g/mol. The van der Waals surface area contributed by atoms with Crippen molar-refractivity contribution in [2.45, 2.75) is 125 Å². The van der Waals surface area contributed by atoms with Gasteiger partial charge in [-0.25, -0.2) is 0 Å². The van der Waals surface area contributed by atoms with Gasteiger partial charge in [0.1, 0.15) is 0 Å². The van der Waals surface area contributed by atoms with E-state index >= 15 is 0 Å². The highest BCUT2D eigenvalue weighted by Crippen LogP contribution is 2.15. The molecule has 0 unspecified atom stereocenters. The van der Waals surface area contributed by atoms with Gasteiger partial charge in [-0.2, -0.15) is 0 Å². The number of hydrogen-bond donors (Lipinski definition) is 0. The van der Waals surface area contributed by atoms with Crippen LogP contribution in [-0.4, -0.2) is 30.7 Å². The van der Waals surface area contributed by atoms with Crippen LogP contribution in [-0.2, 0) is 0 Å². The lowest BCUT2D eigenvalue weighted by molar-refractivity contribution is -0.923. The molecule has 0 radical (unpaired) electrons. The first-order valence-corrected chi connectivity index (χ1v) is 11.9. The molecule has 0 atom stereocenters. The quantitative estimate of drug-likeness (QED) is 0.163. The molecule has 0 aromatic rings. The van der Waals surface area contributed by atoms with E-state index in [1.165, 1.54) is 121 Å². The summed E-state index contributed by atoms with van der Waals surface area (Å²) >= 11 is 0. The van der Waals surface area contributed by atoms with E-state index in [0.29, 0.717) is 0 Å². The molecule has 0 spiro atoms. The summed E-state index contributed by atoms with van der Waals surface area (Å²) in [4.78, 5) is 0. The summed E-state index contributed by atoms with van der Waals surface area (Å²) in [5.74, 6) is 0.895. The van der Waals surface area contributed by atoms with E-state index in [-0.39, 0.29) is 0 Å². The summed E-state index contributed by atoms with van der Waals surface area (Å²) < 4.78 is 1.33. The third kappa shape index (κ3) is 14.8. The Labute approximate surface area is 161 Å². The predicted molar refractivity (Wildman–Crippen MR) is 116 cm³/mol. The summed E-state index contributed by atoms with van der Waals surface area (Å²) in [6.45, 7) is 17.1. The molecule has 0 amide bonds. The van der Waals surface area contributed by atoms with Gasteiger partial charge in [-0.15, -0.1) is 0 Å². The summed E-state index contributed by atoms with van der Waals surface area (Å²) in [6.07, 6.45) is 20.5. The Balaban J connectivity index is 3.24. The molecule has 0 aliphatic rings. The minimum Gasteiger partial charge on any atom is -0.324 e. The second-order valence-electron chi connectivity index (χ2n) is 8.79. The molecule has 0 aromatic carbocycles. The molecule has 0 saturated heterocycles. The van der Waals surface area contributed by atoms with Crippen LogP contribution in [0.5, 0.6) is 0 Å². The fourth-order valence-corrected chi connectivity index (χ4v) is 4.09. The number of hydrogen-bond acceptors (Lipinski definition) is 0. The van der Waals surface area contributed by atoms with E-state index in [2.05, 4.69) is 34.6 Å². The van der Waals surface area contributed by atoms with Gasteiger partial charge in [0.15, 0.2) is 0 Å². The predicted octanol–water partition coefficient (Wildman–Crippen LogP) is 7.98. The van der Waals surface area contributed by atoms with Gasteiger partial charge in [0.05, 0.1) is 26.2 Å². The van der Waals surface area contributed by atoms with Gasteiger partial charge in [-0.1, -0.05) is 90.9 Å². The van der Waals surface area contributed by atoms with Gasteiger partial charge < -0.3 is 4.48 Å². The first-order chi connectivity index (χ1) is 12.1. The van der Waals surface area contributed by atoms with Crippen molar-refractivity contribution in [3.63, 3.8) is 0 Å². The molecule has 0 fully saturated rings. The normalized spacial score (nSPS) is 12.2. The van der Waals surface area contributed by atoms with Crippen LogP contribution in [0.15, 0.2) is 0 Å². The Bertz CT molecular complexity index is 247. The topological polar surface area (TPSA) is 0 Å². The maximum absolute atomic E-state index is 2.36. The lowest BCUT2D eigenvalue weighted by Crippen LogP contribution is -2.48. The highest BCUT2D eigenvalue weighted by atomic mass is 15.3. The monoisotopic (exact) mass is 354 g/mol. The van der Waals surface area contributed by atoms with Gasteiger partial charge in [0.2, 0.25) is 0 Å². The zero-order chi connectivity index (χ0) is 18.8. The van der Waals surface area contributed by atoms with Crippen molar-refractivity contribution in [2.24, 2.45) is 5.92 Å². The third-order valence-electron chi connectivity index (χ3n) is 6.43. The molecule has 0 aliphatic heterocycles. The van der Waals surface area contributed by atoms with E-state index in [4.69, 9.17) is 0 Å². The Hall–Kier alpha value is -0.0400. The Morgan fingerprint density at radius 2 is 0.800 bits per heavy atom. The molecule has 1 nitrogen and oxygen atoms in total. The van der Waals surface area contributed by atoms with E-state index in [1.807, 2.05) is 0 Å². The van der Waals surface area contributed by atoms with Crippen LogP contribution >= 0.6 is 0 Å². The second kappa shape index (κ2) is 17.4. The van der Waals surface area contributed by atoms with Crippen LogP contribution in [0, 0.1) is 5.92 Å². The zero-order valence-corrected chi connectivity index (χ0v) is 18.8. The van der Waals surface area contributed by atoms with Crippen LogP contribution in [0.2, 0.25) is 0 Å². The first-order valence-electron chi connectivity index (χ1n) is 11.9. The smallest absolute Gasteiger partial charge is 0.0786 e. The fraction of sp³-hybridized carbons (Fsp3) is 1.00. The zero-order valence-electron chi connectivity index (χ0n) is 18.8. The van der Waals surface area contributed by atoms with Crippen molar-refractivity contribution in [2.75, 3.05) is 26.2 Å². The Morgan fingerprint density at radius 3 is 1.12 bits per heavy atom. The first kappa shape index (κ1) is 25.0. The minimum absolute atomic E-state index is 0.895. The molecule has 0 rings (SSSR count). The fourth-order valence-electron chi connectivity index (χ4n) is 4.09. The van der Waals surface area contributed by atoms with Crippen molar-refractivity contribution in [1.82, 2.24) is 0 Å². The molecule has 1 heteroatoms. The SMILES string of the molecule is CC[N+](CC)(CC)CCCCCCCCCCCCCCCC(C)C. The van der Waals surface area contributed by atoms with E-state index < -0.39 is 0 Å². The van der Waals surface area contributed by atoms with Gasteiger partial charge in [-0.3, -0.25) is 0 Å². The van der Waals surface area contributed by atoms with Crippen molar-refractivity contribution in [3.05, 3.63) is 0 Å². The highest BCUT2D eigenvalue weighted by Gasteiger charge is 2.19. The number of quaternary nitrogens is 1.